The zero-order valence-electron chi connectivity index (χ0n) is 13.8. The standard InChI is InChI=1S/C17H23NO3S/c1-17(2,3)16(20)21-12-14(19)15(11-18(4)5)22-13-9-7-6-8-10-13/h6-11H,12H2,1-5H3/b15-11-. The van der Waals surface area contributed by atoms with Crippen LogP contribution in [0.2, 0.25) is 0 Å². The van der Waals surface area contributed by atoms with E-state index in [4.69, 9.17) is 4.74 Å². The quantitative estimate of drug-likeness (QED) is 0.457. The summed E-state index contributed by atoms with van der Waals surface area (Å²) in [6, 6.07) is 9.62. The van der Waals surface area contributed by atoms with Gasteiger partial charge in [0.15, 0.2) is 6.61 Å². The van der Waals surface area contributed by atoms with E-state index in [1.165, 1.54) is 11.8 Å². The fourth-order valence-corrected chi connectivity index (χ4v) is 2.41. The van der Waals surface area contributed by atoms with Gasteiger partial charge in [0.1, 0.15) is 0 Å². The van der Waals surface area contributed by atoms with Gasteiger partial charge in [0.25, 0.3) is 0 Å². The van der Waals surface area contributed by atoms with Gasteiger partial charge >= 0.3 is 5.97 Å². The molecule has 0 saturated carbocycles. The zero-order chi connectivity index (χ0) is 16.8. The number of carbonyl (C=O) groups is 2. The van der Waals surface area contributed by atoms with Crippen LogP contribution in [0.5, 0.6) is 0 Å². The van der Waals surface area contributed by atoms with Gasteiger partial charge in [0, 0.05) is 25.2 Å². The van der Waals surface area contributed by atoms with Crippen LogP contribution in [0.1, 0.15) is 20.8 Å². The normalized spacial score (nSPS) is 12.0. The number of esters is 1. The molecule has 0 radical (unpaired) electrons. The van der Waals surface area contributed by atoms with Crippen LogP contribution >= 0.6 is 11.8 Å². The number of hydrogen-bond donors (Lipinski definition) is 0. The van der Waals surface area contributed by atoms with Gasteiger partial charge in [0.2, 0.25) is 5.78 Å². The second-order valence-corrected chi connectivity index (χ2v) is 7.24. The smallest absolute Gasteiger partial charge is 0.311 e. The molecular formula is C17H23NO3S. The third kappa shape index (κ3) is 6.35. The van der Waals surface area contributed by atoms with Crippen LogP contribution < -0.4 is 0 Å². The molecule has 4 nitrogen and oxygen atoms in total. The van der Waals surface area contributed by atoms with Crippen LogP contribution in [0.15, 0.2) is 46.3 Å². The van der Waals surface area contributed by atoms with Crippen molar-refractivity contribution in [1.82, 2.24) is 4.90 Å². The lowest BCUT2D eigenvalue weighted by Gasteiger charge is -2.17. The van der Waals surface area contributed by atoms with Crippen molar-refractivity contribution < 1.29 is 14.3 Å². The van der Waals surface area contributed by atoms with Gasteiger partial charge in [-0.25, -0.2) is 0 Å². The molecule has 0 aromatic heterocycles. The molecule has 0 aliphatic rings. The van der Waals surface area contributed by atoms with Crippen molar-refractivity contribution in [1.29, 1.82) is 0 Å². The molecule has 22 heavy (non-hydrogen) atoms. The Hall–Kier alpha value is -1.75. The molecule has 5 heteroatoms. The highest BCUT2D eigenvalue weighted by atomic mass is 32.2. The van der Waals surface area contributed by atoms with Crippen LogP contribution in [0, 0.1) is 5.41 Å². The van der Waals surface area contributed by atoms with Crippen LogP contribution in [0.4, 0.5) is 0 Å². The number of thioether (sulfide) groups is 1. The molecule has 0 heterocycles. The van der Waals surface area contributed by atoms with E-state index in [1.807, 2.05) is 44.4 Å². The lowest BCUT2D eigenvalue weighted by atomic mass is 9.97. The average Bonchev–Trinajstić information content (AvgIpc) is 2.43. The molecule has 1 aromatic rings. The highest BCUT2D eigenvalue weighted by molar-refractivity contribution is 8.04. The molecule has 1 aromatic carbocycles. The second-order valence-electron chi connectivity index (χ2n) is 6.12. The summed E-state index contributed by atoms with van der Waals surface area (Å²) >= 11 is 1.36. The largest absolute Gasteiger partial charge is 0.457 e. The van der Waals surface area contributed by atoms with Crippen molar-refractivity contribution in [3.05, 3.63) is 41.4 Å². The topological polar surface area (TPSA) is 46.6 Å². The predicted molar refractivity (Wildman–Crippen MR) is 89.5 cm³/mol. The van der Waals surface area contributed by atoms with E-state index in [1.54, 1.807) is 31.9 Å². The molecule has 0 fully saturated rings. The molecule has 0 unspecified atom stereocenters. The molecular weight excluding hydrogens is 298 g/mol. The first-order valence-corrected chi connectivity index (χ1v) is 7.83. The number of nitrogens with zero attached hydrogens (tertiary/aromatic N) is 1. The Morgan fingerprint density at radius 1 is 1.18 bits per heavy atom. The zero-order valence-corrected chi connectivity index (χ0v) is 14.6. The van der Waals surface area contributed by atoms with Crippen LogP contribution in [0.25, 0.3) is 0 Å². The first-order chi connectivity index (χ1) is 10.2. The monoisotopic (exact) mass is 321 g/mol. The maximum Gasteiger partial charge on any atom is 0.311 e. The van der Waals surface area contributed by atoms with Gasteiger partial charge in [-0.3, -0.25) is 9.59 Å². The van der Waals surface area contributed by atoms with Gasteiger partial charge in [-0.1, -0.05) is 30.0 Å². The molecule has 0 aliphatic carbocycles. The lowest BCUT2D eigenvalue weighted by molar-refractivity contribution is -0.155. The minimum Gasteiger partial charge on any atom is -0.457 e. The van der Waals surface area contributed by atoms with Crippen LogP contribution in [-0.2, 0) is 14.3 Å². The van der Waals surface area contributed by atoms with Gasteiger partial charge in [-0.05, 0) is 32.9 Å². The summed E-state index contributed by atoms with van der Waals surface area (Å²) in [6.07, 6.45) is 1.74. The van der Waals surface area contributed by atoms with Crippen molar-refractivity contribution in [2.45, 2.75) is 25.7 Å². The fourth-order valence-electron chi connectivity index (χ4n) is 1.42. The molecule has 120 valence electrons. The van der Waals surface area contributed by atoms with Crippen LogP contribution in [0.3, 0.4) is 0 Å². The van der Waals surface area contributed by atoms with Crippen molar-refractivity contribution >= 4 is 23.5 Å². The van der Waals surface area contributed by atoms with Crippen molar-refractivity contribution in [2.24, 2.45) is 5.41 Å². The summed E-state index contributed by atoms with van der Waals surface area (Å²) in [4.78, 5) is 27.4. The minimum atomic E-state index is -0.613. The number of ketones is 1. The minimum absolute atomic E-state index is 0.208. The fraction of sp³-hybridized carbons (Fsp3) is 0.412. The van der Waals surface area contributed by atoms with Gasteiger partial charge in [0.05, 0.1) is 10.3 Å². The third-order valence-electron chi connectivity index (χ3n) is 2.57. The molecule has 0 bridgehead atoms. The second kappa shape index (κ2) is 8.03. The Kier molecular flexibility index (Phi) is 6.68. The average molecular weight is 321 g/mol. The van der Waals surface area contributed by atoms with E-state index < -0.39 is 5.41 Å². The number of rotatable bonds is 6. The van der Waals surface area contributed by atoms with E-state index in [9.17, 15) is 9.59 Å². The number of hydrogen-bond acceptors (Lipinski definition) is 5. The molecule has 0 atom stereocenters. The molecule has 0 spiro atoms. The lowest BCUT2D eigenvalue weighted by Crippen LogP contribution is -2.26. The number of benzene rings is 1. The molecule has 0 aliphatic heterocycles. The van der Waals surface area contributed by atoms with Gasteiger partial charge < -0.3 is 9.64 Å². The maximum absolute atomic E-state index is 12.3. The SMILES string of the molecule is CN(C)/C=C(\Sc1ccccc1)C(=O)COC(=O)C(C)(C)C. The molecule has 0 N–H and O–H groups in total. The van der Waals surface area contributed by atoms with Crippen molar-refractivity contribution in [3.8, 4) is 0 Å². The van der Waals surface area contributed by atoms with E-state index in [0.29, 0.717) is 4.91 Å². The summed E-state index contributed by atoms with van der Waals surface area (Å²) in [6.45, 7) is 5.04. The van der Waals surface area contributed by atoms with Gasteiger partial charge in [-0.2, -0.15) is 0 Å². The highest BCUT2D eigenvalue weighted by Gasteiger charge is 2.24. The Labute approximate surface area is 136 Å². The van der Waals surface area contributed by atoms with Crippen molar-refractivity contribution in [2.75, 3.05) is 20.7 Å². The van der Waals surface area contributed by atoms with E-state index in [0.717, 1.165) is 4.90 Å². The Balaban J connectivity index is 2.76. The first-order valence-electron chi connectivity index (χ1n) is 7.01. The summed E-state index contributed by atoms with van der Waals surface area (Å²) in [5, 5.41) is 0. The van der Waals surface area contributed by atoms with E-state index in [-0.39, 0.29) is 18.4 Å². The summed E-state index contributed by atoms with van der Waals surface area (Å²) < 4.78 is 5.11. The Morgan fingerprint density at radius 2 is 1.77 bits per heavy atom. The molecule has 1 rings (SSSR count). The van der Waals surface area contributed by atoms with E-state index >= 15 is 0 Å². The summed E-state index contributed by atoms with van der Waals surface area (Å²) in [5.74, 6) is -0.588. The third-order valence-corrected chi connectivity index (χ3v) is 3.63. The highest BCUT2D eigenvalue weighted by Crippen LogP contribution is 2.27. The summed E-state index contributed by atoms with van der Waals surface area (Å²) in [7, 11) is 3.69. The van der Waals surface area contributed by atoms with Crippen LogP contribution in [-0.4, -0.2) is 37.4 Å². The number of Topliss-reactive ketones (excluding diaryl/α,β-unsaturated/α-hetero) is 1. The van der Waals surface area contributed by atoms with E-state index in [2.05, 4.69) is 0 Å². The Morgan fingerprint density at radius 3 is 2.27 bits per heavy atom. The maximum atomic E-state index is 12.3. The first kappa shape index (κ1) is 18.3. The Bertz CT molecular complexity index is 545. The van der Waals surface area contributed by atoms with Crippen molar-refractivity contribution in [3.63, 3.8) is 0 Å². The summed E-state index contributed by atoms with van der Waals surface area (Å²) in [5.41, 5.74) is -0.613. The molecule has 0 amide bonds. The predicted octanol–water partition coefficient (Wildman–Crippen LogP) is 3.34. The molecule has 0 saturated heterocycles. The number of carbonyl (C=O) groups excluding carboxylic acids is 2. The number of ether oxygens (including phenoxy) is 1. The van der Waals surface area contributed by atoms with Gasteiger partial charge in [-0.15, -0.1) is 0 Å².